The van der Waals surface area contributed by atoms with E-state index in [-0.39, 0.29) is 12.4 Å². The van der Waals surface area contributed by atoms with Crippen molar-refractivity contribution in [2.45, 2.75) is 12.5 Å². The molecule has 0 radical (unpaired) electrons. The van der Waals surface area contributed by atoms with E-state index >= 15 is 0 Å². The van der Waals surface area contributed by atoms with E-state index in [1.165, 1.54) is 6.20 Å². The summed E-state index contributed by atoms with van der Waals surface area (Å²) in [6.07, 6.45) is 1.36. The fourth-order valence-corrected chi connectivity index (χ4v) is 1.70. The van der Waals surface area contributed by atoms with Crippen molar-refractivity contribution in [3.8, 4) is 0 Å². The Hall–Kier alpha value is -1.73. The zero-order valence-electron chi connectivity index (χ0n) is 10.8. The maximum atomic E-state index is 10.8. The van der Waals surface area contributed by atoms with Gasteiger partial charge in [-0.25, -0.2) is 0 Å². The average Bonchev–Trinajstić information content (AvgIpc) is 2.25. The average molecular weight is 254 g/mol. The van der Waals surface area contributed by atoms with Gasteiger partial charge in [0.05, 0.1) is 5.60 Å². The maximum absolute atomic E-state index is 10.8. The SMILES string of the molecule is CN(C)CC(C)(O)CNc1cccnc1[N+](=O)[O-]. The van der Waals surface area contributed by atoms with E-state index in [9.17, 15) is 15.2 Å². The molecule has 7 nitrogen and oxygen atoms in total. The molecule has 0 bridgehead atoms. The molecule has 0 aromatic carbocycles. The van der Waals surface area contributed by atoms with Crippen molar-refractivity contribution in [3.05, 3.63) is 28.4 Å². The van der Waals surface area contributed by atoms with Gasteiger partial charge in [-0.05, 0) is 43.1 Å². The normalized spacial score (nSPS) is 14.3. The first-order valence-electron chi connectivity index (χ1n) is 5.52. The topological polar surface area (TPSA) is 91.5 Å². The van der Waals surface area contributed by atoms with Crippen molar-refractivity contribution in [1.82, 2.24) is 9.88 Å². The van der Waals surface area contributed by atoms with Crippen LogP contribution < -0.4 is 5.32 Å². The van der Waals surface area contributed by atoms with Crippen LogP contribution in [0, 0.1) is 10.1 Å². The quantitative estimate of drug-likeness (QED) is 0.574. The Balaban J connectivity index is 2.71. The highest BCUT2D eigenvalue weighted by molar-refractivity contribution is 5.56. The van der Waals surface area contributed by atoms with Gasteiger partial charge in [0.25, 0.3) is 0 Å². The Morgan fingerprint density at radius 1 is 1.61 bits per heavy atom. The molecule has 0 spiro atoms. The van der Waals surface area contributed by atoms with Crippen LogP contribution in [0.25, 0.3) is 0 Å². The predicted octanol–water partition coefficient (Wildman–Crippen LogP) is 0.714. The lowest BCUT2D eigenvalue weighted by Crippen LogP contribution is -2.43. The van der Waals surface area contributed by atoms with Crippen molar-refractivity contribution in [3.63, 3.8) is 0 Å². The number of likely N-dealkylation sites (N-methyl/N-ethyl adjacent to an activating group) is 1. The maximum Gasteiger partial charge on any atom is 0.386 e. The second-order valence-corrected chi connectivity index (χ2v) is 4.72. The minimum absolute atomic E-state index is 0.206. The van der Waals surface area contributed by atoms with E-state index in [0.29, 0.717) is 12.2 Å². The van der Waals surface area contributed by atoms with E-state index < -0.39 is 10.5 Å². The van der Waals surface area contributed by atoms with E-state index in [1.807, 2.05) is 19.0 Å². The van der Waals surface area contributed by atoms with Gasteiger partial charge < -0.3 is 25.4 Å². The number of hydrogen-bond acceptors (Lipinski definition) is 6. The number of pyridine rings is 1. The van der Waals surface area contributed by atoms with Gasteiger partial charge in [0.2, 0.25) is 0 Å². The Morgan fingerprint density at radius 3 is 2.83 bits per heavy atom. The summed E-state index contributed by atoms with van der Waals surface area (Å²) >= 11 is 0. The van der Waals surface area contributed by atoms with E-state index in [4.69, 9.17) is 0 Å². The number of rotatable bonds is 6. The molecule has 0 amide bonds. The van der Waals surface area contributed by atoms with Crippen LogP contribution in [-0.4, -0.2) is 52.7 Å². The second-order valence-electron chi connectivity index (χ2n) is 4.72. The summed E-state index contributed by atoms with van der Waals surface area (Å²) in [7, 11) is 3.70. The molecule has 0 aliphatic carbocycles. The molecule has 0 aliphatic heterocycles. The molecule has 18 heavy (non-hydrogen) atoms. The van der Waals surface area contributed by atoms with Crippen LogP contribution in [0.2, 0.25) is 0 Å². The van der Waals surface area contributed by atoms with Gasteiger partial charge in [0.15, 0.2) is 0 Å². The van der Waals surface area contributed by atoms with Crippen molar-refractivity contribution in [2.75, 3.05) is 32.5 Å². The summed E-state index contributed by atoms with van der Waals surface area (Å²) in [6, 6.07) is 3.17. The number of hydrogen-bond donors (Lipinski definition) is 2. The molecule has 100 valence electrons. The molecule has 1 aromatic rings. The van der Waals surface area contributed by atoms with Crippen LogP contribution in [-0.2, 0) is 0 Å². The monoisotopic (exact) mass is 254 g/mol. The summed E-state index contributed by atoms with van der Waals surface area (Å²) in [5.41, 5.74) is -0.672. The Morgan fingerprint density at radius 2 is 2.28 bits per heavy atom. The lowest BCUT2D eigenvalue weighted by Gasteiger charge is -2.27. The first-order chi connectivity index (χ1) is 8.32. The van der Waals surface area contributed by atoms with Gasteiger partial charge in [0, 0.05) is 13.1 Å². The van der Waals surface area contributed by atoms with Gasteiger partial charge >= 0.3 is 5.82 Å². The highest BCUT2D eigenvalue weighted by Crippen LogP contribution is 2.20. The number of nitrogens with zero attached hydrogens (tertiary/aromatic N) is 3. The summed E-state index contributed by atoms with van der Waals surface area (Å²) in [5.74, 6) is -0.238. The van der Waals surface area contributed by atoms with Crippen molar-refractivity contribution in [1.29, 1.82) is 0 Å². The molecule has 2 N–H and O–H groups in total. The standard InChI is InChI=1S/C11H18N4O3/c1-11(16,8-14(2)3)7-13-9-5-4-6-12-10(9)15(17)18/h4-6,13,16H,7-8H2,1-3H3. The molecule has 1 rings (SSSR count). The largest absolute Gasteiger partial charge is 0.387 e. The molecular formula is C11H18N4O3. The highest BCUT2D eigenvalue weighted by Gasteiger charge is 2.23. The lowest BCUT2D eigenvalue weighted by molar-refractivity contribution is -0.388. The third-order valence-corrected chi connectivity index (χ3v) is 2.28. The molecule has 0 saturated carbocycles. The second kappa shape index (κ2) is 5.74. The molecule has 0 saturated heterocycles. The minimum atomic E-state index is -0.979. The Kier molecular flexibility index (Phi) is 4.57. The summed E-state index contributed by atoms with van der Waals surface area (Å²) in [5, 5.41) is 23.7. The number of nitro groups is 1. The summed E-state index contributed by atoms with van der Waals surface area (Å²) < 4.78 is 0. The minimum Gasteiger partial charge on any atom is -0.387 e. The smallest absolute Gasteiger partial charge is 0.386 e. The van der Waals surface area contributed by atoms with Crippen LogP contribution in [0.3, 0.4) is 0 Å². The number of anilines is 1. The number of aromatic nitrogens is 1. The van der Waals surface area contributed by atoms with Crippen LogP contribution in [0.1, 0.15) is 6.92 Å². The van der Waals surface area contributed by atoms with E-state index in [1.54, 1.807) is 19.1 Å². The molecule has 0 aliphatic rings. The van der Waals surface area contributed by atoms with Crippen molar-refractivity contribution in [2.24, 2.45) is 0 Å². The Labute approximate surface area is 106 Å². The summed E-state index contributed by atoms with van der Waals surface area (Å²) in [6.45, 7) is 2.33. The highest BCUT2D eigenvalue weighted by atomic mass is 16.6. The van der Waals surface area contributed by atoms with E-state index in [2.05, 4.69) is 10.3 Å². The van der Waals surface area contributed by atoms with Gasteiger partial charge in [-0.3, -0.25) is 0 Å². The summed E-state index contributed by atoms with van der Waals surface area (Å²) in [4.78, 5) is 15.7. The molecule has 1 heterocycles. The molecule has 7 heteroatoms. The fourth-order valence-electron chi connectivity index (χ4n) is 1.70. The number of aliphatic hydroxyl groups is 1. The van der Waals surface area contributed by atoms with E-state index in [0.717, 1.165) is 0 Å². The van der Waals surface area contributed by atoms with Gasteiger partial charge in [0.1, 0.15) is 11.9 Å². The third-order valence-electron chi connectivity index (χ3n) is 2.28. The van der Waals surface area contributed by atoms with Crippen molar-refractivity contribution < 1.29 is 10.0 Å². The zero-order valence-corrected chi connectivity index (χ0v) is 10.8. The molecule has 1 atom stereocenters. The molecular weight excluding hydrogens is 236 g/mol. The Bertz CT molecular complexity index is 421. The molecule has 1 unspecified atom stereocenters. The van der Waals surface area contributed by atoms with Crippen LogP contribution >= 0.6 is 0 Å². The first-order valence-corrected chi connectivity index (χ1v) is 5.52. The van der Waals surface area contributed by atoms with Gasteiger partial charge in [-0.15, -0.1) is 0 Å². The predicted molar refractivity (Wildman–Crippen MR) is 68.6 cm³/mol. The molecule has 1 aromatic heterocycles. The van der Waals surface area contributed by atoms with Gasteiger partial charge in [-0.1, -0.05) is 0 Å². The lowest BCUT2D eigenvalue weighted by atomic mass is 10.1. The van der Waals surface area contributed by atoms with Crippen LogP contribution in [0.5, 0.6) is 0 Å². The van der Waals surface area contributed by atoms with Crippen molar-refractivity contribution >= 4 is 11.5 Å². The van der Waals surface area contributed by atoms with Crippen LogP contribution in [0.15, 0.2) is 18.3 Å². The molecule has 0 fully saturated rings. The first kappa shape index (κ1) is 14.3. The van der Waals surface area contributed by atoms with Gasteiger partial charge in [-0.2, -0.15) is 0 Å². The fraction of sp³-hybridized carbons (Fsp3) is 0.545. The van der Waals surface area contributed by atoms with Crippen LogP contribution in [0.4, 0.5) is 11.5 Å². The number of nitrogens with one attached hydrogen (secondary N) is 1. The third kappa shape index (κ3) is 4.27. The zero-order chi connectivity index (χ0) is 13.8.